The lowest BCUT2D eigenvalue weighted by atomic mass is 10.2. The number of rotatable bonds is 6. The van der Waals surface area contributed by atoms with Gasteiger partial charge < -0.3 is 14.8 Å². The van der Waals surface area contributed by atoms with Gasteiger partial charge in [0.2, 0.25) is 0 Å². The van der Waals surface area contributed by atoms with Crippen molar-refractivity contribution in [2.75, 3.05) is 6.61 Å². The number of esters is 1. The second-order valence-corrected chi connectivity index (χ2v) is 6.35. The molecule has 7 nitrogen and oxygen atoms in total. The van der Waals surface area contributed by atoms with Gasteiger partial charge in [-0.25, -0.2) is 14.0 Å². The van der Waals surface area contributed by atoms with Gasteiger partial charge in [0.25, 0.3) is 5.91 Å². The molecule has 1 saturated carbocycles. The van der Waals surface area contributed by atoms with Crippen molar-refractivity contribution in [3.8, 4) is 5.75 Å². The lowest BCUT2D eigenvalue weighted by molar-refractivity contribution is -0.156. The fourth-order valence-electron chi connectivity index (χ4n) is 2.52. The number of carbonyl (C=O) groups excluding carboxylic acids is 3. The topological polar surface area (TPSA) is 93.7 Å². The van der Waals surface area contributed by atoms with Crippen LogP contribution in [-0.4, -0.2) is 36.7 Å². The lowest BCUT2D eigenvalue weighted by Gasteiger charge is -2.16. The minimum atomic E-state index is -1.18. The number of amides is 3. The van der Waals surface area contributed by atoms with E-state index in [0.29, 0.717) is 0 Å². The van der Waals surface area contributed by atoms with Crippen LogP contribution >= 0.6 is 11.6 Å². The number of imide groups is 1. The Labute approximate surface area is 155 Å². The van der Waals surface area contributed by atoms with E-state index < -0.39 is 36.4 Å². The predicted octanol–water partition coefficient (Wildman–Crippen LogP) is 2.56. The minimum Gasteiger partial charge on any atom is -0.480 e. The number of hydrogen-bond donors (Lipinski definition) is 2. The molecule has 0 heterocycles. The molecule has 1 aliphatic rings. The second kappa shape index (κ2) is 9.38. The summed E-state index contributed by atoms with van der Waals surface area (Å²) < 4.78 is 22.9. The molecular formula is C17H20ClFN2O5. The number of benzene rings is 1. The van der Waals surface area contributed by atoms with E-state index in [2.05, 4.69) is 10.6 Å². The summed E-state index contributed by atoms with van der Waals surface area (Å²) in [5.41, 5.74) is 0. The molecule has 0 radical (unpaired) electrons. The highest BCUT2D eigenvalue weighted by Gasteiger charge is 2.23. The SMILES string of the molecule is C[C@H](OC(=O)COc1ccc(F)cc1Cl)C(=O)NC(=O)NC1CCCC1. The Morgan fingerprint density at radius 1 is 1.31 bits per heavy atom. The molecule has 0 bridgehead atoms. The molecule has 1 aromatic rings. The lowest BCUT2D eigenvalue weighted by Crippen LogP contribution is -2.47. The molecule has 1 aromatic carbocycles. The number of nitrogens with one attached hydrogen (secondary N) is 2. The first-order chi connectivity index (χ1) is 12.3. The van der Waals surface area contributed by atoms with Crippen molar-refractivity contribution >= 4 is 29.5 Å². The maximum absolute atomic E-state index is 12.9. The third-order valence-corrected chi connectivity index (χ3v) is 4.14. The Morgan fingerprint density at radius 3 is 2.65 bits per heavy atom. The predicted molar refractivity (Wildman–Crippen MR) is 91.4 cm³/mol. The van der Waals surface area contributed by atoms with Gasteiger partial charge in [-0.1, -0.05) is 24.4 Å². The minimum absolute atomic E-state index is 0.00664. The fraction of sp³-hybridized carbons (Fsp3) is 0.471. The van der Waals surface area contributed by atoms with Crippen LogP contribution < -0.4 is 15.4 Å². The van der Waals surface area contributed by atoms with E-state index in [1.165, 1.54) is 13.0 Å². The maximum Gasteiger partial charge on any atom is 0.344 e. The van der Waals surface area contributed by atoms with Crippen LogP contribution in [0.3, 0.4) is 0 Å². The van der Waals surface area contributed by atoms with Crippen LogP contribution in [0.2, 0.25) is 5.02 Å². The van der Waals surface area contributed by atoms with E-state index in [0.717, 1.165) is 37.8 Å². The van der Waals surface area contributed by atoms with Crippen LogP contribution in [0, 0.1) is 5.82 Å². The summed E-state index contributed by atoms with van der Waals surface area (Å²) in [6.07, 6.45) is 2.69. The van der Waals surface area contributed by atoms with Crippen LogP contribution in [0.4, 0.5) is 9.18 Å². The molecule has 1 fully saturated rings. The molecule has 0 spiro atoms. The van der Waals surface area contributed by atoms with Gasteiger partial charge >= 0.3 is 12.0 Å². The molecule has 142 valence electrons. The van der Waals surface area contributed by atoms with Crippen LogP contribution in [0.25, 0.3) is 0 Å². The number of carbonyl (C=O) groups is 3. The molecule has 3 amide bonds. The molecule has 1 atom stereocenters. The summed E-state index contributed by atoms with van der Waals surface area (Å²) in [6, 6.07) is 2.90. The highest BCUT2D eigenvalue weighted by molar-refractivity contribution is 6.32. The quantitative estimate of drug-likeness (QED) is 0.733. The molecule has 0 saturated heterocycles. The molecule has 2 rings (SSSR count). The maximum atomic E-state index is 12.9. The first-order valence-electron chi connectivity index (χ1n) is 8.24. The first-order valence-corrected chi connectivity index (χ1v) is 8.61. The zero-order valence-electron chi connectivity index (χ0n) is 14.2. The molecule has 9 heteroatoms. The van der Waals surface area contributed by atoms with Gasteiger partial charge in [0.05, 0.1) is 5.02 Å². The molecule has 0 aromatic heterocycles. The molecule has 1 aliphatic carbocycles. The van der Waals surface area contributed by atoms with E-state index >= 15 is 0 Å². The van der Waals surface area contributed by atoms with Crippen LogP contribution in [0.1, 0.15) is 32.6 Å². The molecule has 0 unspecified atom stereocenters. The van der Waals surface area contributed by atoms with Crippen LogP contribution in [0.15, 0.2) is 18.2 Å². The van der Waals surface area contributed by atoms with E-state index in [-0.39, 0.29) is 16.8 Å². The zero-order chi connectivity index (χ0) is 19.1. The zero-order valence-corrected chi connectivity index (χ0v) is 15.0. The summed E-state index contributed by atoms with van der Waals surface area (Å²) in [5.74, 6) is -2.00. The van der Waals surface area contributed by atoms with E-state index in [4.69, 9.17) is 21.1 Å². The van der Waals surface area contributed by atoms with Gasteiger partial charge in [-0.2, -0.15) is 0 Å². The van der Waals surface area contributed by atoms with E-state index in [1.807, 2.05) is 0 Å². The third-order valence-electron chi connectivity index (χ3n) is 3.84. The second-order valence-electron chi connectivity index (χ2n) is 5.94. The third kappa shape index (κ3) is 6.18. The van der Waals surface area contributed by atoms with Crippen molar-refractivity contribution in [2.45, 2.75) is 44.8 Å². The standard InChI is InChI=1S/C17H20ClFN2O5/c1-10(16(23)21-17(24)20-12-4-2-3-5-12)26-15(22)9-25-14-7-6-11(19)8-13(14)18/h6-8,10,12H,2-5,9H2,1H3,(H2,20,21,23,24)/t10-/m0/s1. The monoisotopic (exact) mass is 386 g/mol. The molecule has 2 N–H and O–H groups in total. The van der Waals surface area contributed by atoms with Gasteiger partial charge in [0.15, 0.2) is 12.7 Å². The van der Waals surface area contributed by atoms with Crippen molar-refractivity contribution < 1.29 is 28.2 Å². The number of hydrogen-bond acceptors (Lipinski definition) is 5. The van der Waals surface area contributed by atoms with E-state index in [9.17, 15) is 18.8 Å². The number of urea groups is 1. The van der Waals surface area contributed by atoms with Crippen molar-refractivity contribution in [3.63, 3.8) is 0 Å². The molecule has 26 heavy (non-hydrogen) atoms. The average molecular weight is 387 g/mol. The Kier molecular flexibility index (Phi) is 7.20. The summed E-state index contributed by atoms with van der Waals surface area (Å²) in [7, 11) is 0. The van der Waals surface area contributed by atoms with Crippen molar-refractivity contribution in [1.29, 1.82) is 0 Å². The highest BCUT2D eigenvalue weighted by atomic mass is 35.5. The molecule has 0 aliphatic heterocycles. The number of halogens is 2. The largest absolute Gasteiger partial charge is 0.480 e. The van der Waals surface area contributed by atoms with Gasteiger partial charge in [-0.05, 0) is 38.0 Å². The smallest absolute Gasteiger partial charge is 0.344 e. The van der Waals surface area contributed by atoms with Crippen molar-refractivity contribution in [3.05, 3.63) is 29.0 Å². The summed E-state index contributed by atoms with van der Waals surface area (Å²) >= 11 is 5.77. The summed E-state index contributed by atoms with van der Waals surface area (Å²) in [6.45, 7) is 0.818. The van der Waals surface area contributed by atoms with Gasteiger partial charge in [0, 0.05) is 6.04 Å². The van der Waals surface area contributed by atoms with Crippen molar-refractivity contribution in [2.24, 2.45) is 0 Å². The van der Waals surface area contributed by atoms with Gasteiger partial charge in [-0.3, -0.25) is 10.1 Å². The van der Waals surface area contributed by atoms with Gasteiger partial charge in [-0.15, -0.1) is 0 Å². The normalized spacial score (nSPS) is 15.2. The van der Waals surface area contributed by atoms with Crippen LogP contribution in [-0.2, 0) is 14.3 Å². The fourth-order valence-corrected chi connectivity index (χ4v) is 2.74. The van der Waals surface area contributed by atoms with Gasteiger partial charge in [0.1, 0.15) is 11.6 Å². The Morgan fingerprint density at radius 2 is 2.00 bits per heavy atom. The number of ether oxygens (including phenoxy) is 2. The Balaban J connectivity index is 1.73. The Hall–Kier alpha value is -2.35. The summed E-state index contributed by atoms with van der Waals surface area (Å²) in [4.78, 5) is 35.3. The first kappa shape index (κ1) is 20.0. The van der Waals surface area contributed by atoms with Crippen molar-refractivity contribution in [1.82, 2.24) is 10.6 Å². The van der Waals surface area contributed by atoms with Crippen LogP contribution in [0.5, 0.6) is 5.75 Å². The molecular weight excluding hydrogens is 367 g/mol. The Bertz CT molecular complexity index is 679. The average Bonchev–Trinajstić information content (AvgIpc) is 3.06. The van der Waals surface area contributed by atoms with E-state index in [1.54, 1.807) is 0 Å². The highest BCUT2D eigenvalue weighted by Crippen LogP contribution is 2.24. The summed E-state index contributed by atoms with van der Waals surface area (Å²) in [5, 5.41) is 4.83.